The Morgan fingerprint density at radius 3 is 2.52 bits per heavy atom. The monoisotopic (exact) mass is 289 g/mol. The predicted octanol–water partition coefficient (Wildman–Crippen LogP) is 2.73. The van der Waals surface area contributed by atoms with Crippen molar-refractivity contribution in [1.29, 1.82) is 0 Å². The molecular formula is C17H27N3O. The quantitative estimate of drug-likeness (QED) is 0.819. The molecule has 1 aromatic rings. The highest BCUT2D eigenvalue weighted by molar-refractivity contribution is 5.78. The van der Waals surface area contributed by atoms with Gasteiger partial charge < -0.3 is 15.5 Å². The minimum absolute atomic E-state index is 0.0348. The Hall–Kier alpha value is -1.71. The summed E-state index contributed by atoms with van der Waals surface area (Å²) in [5.41, 5.74) is 8.93. The lowest BCUT2D eigenvalue weighted by molar-refractivity contribution is -0.135. The molecule has 0 unspecified atom stereocenters. The Labute approximate surface area is 127 Å². The minimum Gasteiger partial charge on any atom is -0.399 e. The van der Waals surface area contributed by atoms with Crippen LogP contribution in [-0.4, -0.2) is 31.4 Å². The maximum atomic E-state index is 12.5. The molecule has 1 aliphatic carbocycles. The molecule has 21 heavy (non-hydrogen) atoms. The number of rotatable bonds is 6. The topological polar surface area (TPSA) is 49.6 Å². The second kappa shape index (κ2) is 6.37. The molecule has 1 amide bonds. The molecule has 0 spiro atoms. The number of hydrogen-bond donors (Lipinski definition) is 1. The number of hydrogen-bond acceptors (Lipinski definition) is 3. The lowest BCUT2D eigenvalue weighted by Gasteiger charge is -2.27. The Bertz CT molecular complexity index is 507. The molecule has 4 nitrogen and oxygen atoms in total. The van der Waals surface area contributed by atoms with Gasteiger partial charge in [-0.3, -0.25) is 4.79 Å². The van der Waals surface area contributed by atoms with Crippen molar-refractivity contribution in [2.75, 3.05) is 31.3 Å². The molecule has 0 bridgehead atoms. The van der Waals surface area contributed by atoms with Gasteiger partial charge in [0.1, 0.15) is 0 Å². The smallest absolute Gasteiger partial charge is 0.225 e. The normalized spacial score (nSPS) is 14.3. The largest absolute Gasteiger partial charge is 0.399 e. The molecule has 1 saturated carbocycles. The summed E-state index contributed by atoms with van der Waals surface area (Å²) in [7, 11) is 4.04. The molecule has 116 valence electrons. The molecule has 2 rings (SSSR count). The summed E-state index contributed by atoms with van der Waals surface area (Å²) in [6, 6.07) is 5.93. The van der Waals surface area contributed by atoms with Gasteiger partial charge in [0, 0.05) is 44.5 Å². The van der Waals surface area contributed by atoms with Gasteiger partial charge >= 0.3 is 0 Å². The SMILES string of the molecule is CC(C)C(=O)N(Cc1cc(N)ccc1N(C)C)CC1CC1. The number of amides is 1. The van der Waals surface area contributed by atoms with Crippen LogP contribution >= 0.6 is 0 Å². The van der Waals surface area contributed by atoms with Crippen LogP contribution in [0.1, 0.15) is 32.3 Å². The van der Waals surface area contributed by atoms with Crippen molar-refractivity contribution < 1.29 is 4.79 Å². The van der Waals surface area contributed by atoms with E-state index in [1.807, 2.05) is 51.0 Å². The van der Waals surface area contributed by atoms with Gasteiger partial charge in [-0.15, -0.1) is 0 Å². The Morgan fingerprint density at radius 1 is 1.33 bits per heavy atom. The van der Waals surface area contributed by atoms with E-state index in [4.69, 9.17) is 5.73 Å². The highest BCUT2D eigenvalue weighted by Gasteiger charge is 2.28. The summed E-state index contributed by atoms with van der Waals surface area (Å²) in [5.74, 6) is 0.957. The molecule has 4 heteroatoms. The van der Waals surface area contributed by atoms with Gasteiger partial charge in [-0.25, -0.2) is 0 Å². The van der Waals surface area contributed by atoms with Gasteiger partial charge in [-0.05, 0) is 42.5 Å². The first-order valence-electron chi connectivity index (χ1n) is 7.73. The summed E-state index contributed by atoms with van der Waals surface area (Å²) >= 11 is 0. The van der Waals surface area contributed by atoms with Gasteiger partial charge in [-0.1, -0.05) is 13.8 Å². The fourth-order valence-corrected chi connectivity index (χ4v) is 2.58. The summed E-state index contributed by atoms with van der Waals surface area (Å²) in [4.78, 5) is 16.5. The third-order valence-corrected chi connectivity index (χ3v) is 3.93. The van der Waals surface area contributed by atoms with Crippen LogP contribution in [0.3, 0.4) is 0 Å². The standard InChI is InChI=1S/C17H27N3O/c1-12(2)17(21)20(10-13-5-6-13)11-14-9-15(18)7-8-16(14)19(3)4/h7-9,12-13H,5-6,10-11,18H2,1-4H3. The van der Waals surface area contributed by atoms with Crippen molar-refractivity contribution in [2.45, 2.75) is 33.2 Å². The van der Waals surface area contributed by atoms with E-state index in [2.05, 4.69) is 4.90 Å². The van der Waals surface area contributed by atoms with E-state index in [1.54, 1.807) is 0 Å². The first-order chi connectivity index (χ1) is 9.88. The van der Waals surface area contributed by atoms with Crippen molar-refractivity contribution in [3.8, 4) is 0 Å². The van der Waals surface area contributed by atoms with Gasteiger partial charge in [0.05, 0.1) is 0 Å². The number of benzene rings is 1. The summed E-state index contributed by atoms with van der Waals surface area (Å²) in [5, 5.41) is 0. The molecule has 0 aliphatic heterocycles. The van der Waals surface area contributed by atoms with E-state index in [0.717, 1.165) is 23.5 Å². The van der Waals surface area contributed by atoms with Crippen molar-refractivity contribution >= 4 is 17.3 Å². The lowest BCUT2D eigenvalue weighted by Crippen LogP contribution is -2.35. The molecule has 1 fully saturated rings. The molecule has 0 heterocycles. The van der Waals surface area contributed by atoms with Gasteiger partial charge in [0.15, 0.2) is 0 Å². The zero-order valence-electron chi connectivity index (χ0n) is 13.6. The molecular weight excluding hydrogens is 262 g/mol. The van der Waals surface area contributed by atoms with Crippen LogP contribution in [0, 0.1) is 11.8 Å². The first-order valence-corrected chi connectivity index (χ1v) is 7.73. The van der Waals surface area contributed by atoms with Crippen LogP contribution in [0.25, 0.3) is 0 Å². The molecule has 1 aromatic carbocycles. The molecule has 2 N–H and O–H groups in total. The number of nitrogens with zero attached hydrogens (tertiary/aromatic N) is 2. The average molecular weight is 289 g/mol. The van der Waals surface area contributed by atoms with E-state index in [0.29, 0.717) is 12.5 Å². The minimum atomic E-state index is 0.0348. The van der Waals surface area contributed by atoms with E-state index in [9.17, 15) is 4.79 Å². The van der Waals surface area contributed by atoms with Crippen molar-refractivity contribution in [1.82, 2.24) is 4.90 Å². The maximum Gasteiger partial charge on any atom is 0.225 e. The summed E-state index contributed by atoms with van der Waals surface area (Å²) in [6.07, 6.45) is 2.50. The maximum absolute atomic E-state index is 12.5. The van der Waals surface area contributed by atoms with Gasteiger partial charge in [0.25, 0.3) is 0 Å². The molecule has 0 atom stereocenters. The fraction of sp³-hybridized carbons (Fsp3) is 0.588. The van der Waals surface area contributed by atoms with Crippen molar-refractivity contribution in [3.05, 3.63) is 23.8 Å². The zero-order chi connectivity index (χ0) is 15.6. The molecule has 0 radical (unpaired) electrons. The summed E-state index contributed by atoms with van der Waals surface area (Å²) < 4.78 is 0. The fourth-order valence-electron chi connectivity index (χ4n) is 2.58. The lowest BCUT2D eigenvalue weighted by atomic mass is 10.1. The highest BCUT2D eigenvalue weighted by atomic mass is 16.2. The third-order valence-electron chi connectivity index (χ3n) is 3.93. The van der Waals surface area contributed by atoms with Crippen LogP contribution in [0.4, 0.5) is 11.4 Å². The average Bonchev–Trinajstić information content (AvgIpc) is 3.20. The van der Waals surface area contributed by atoms with E-state index in [-0.39, 0.29) is 11.8 Å². The van der Waals surface area contributed by atoms with E-state index in [1.165, 1.54) is 12.8 Å². The van der Waals surface area contributed by atoms with Gasteiger partial charge in [0.2, 0.25) is 5.91 Å². The van der Waals surface area contributed by atoms with Crippen LogP contribution in [-0.2, 0) is 11.3 Å². The number of carbonyl (C=O) groups excluding carboxylic acids is 1. The number of anilines is 2. The van der Waals surface area contributed by atoms with Crippen LogP contribution in [0.2, 0.25) is 0 Å². The van der Waals surface area contributed by atoms with Crippen molar-refractivity contribution in [3.63, 3.8) is 0 Å². The predicted molar refractivity (Wildman–Crippen MR) is 88.2 cm³/mol. The Balaban J connectivity index is 2.22. The molecule has 1 aliphatic rings. The molecule has 0 saturated heterocycles. The summed E-state index contributed by atoms with van der Waals surface area (Å²) in [6.45, 7) is 5.45. The van der Waals surface area contributed by atoms with E-state index < -0.39 is 0 Å². The van der Waals surface area contributed by atoms with Crippen LogP contribution in [0.15, 0.2) is 18.2 Å². The van der Waals surface area contributed by atoms with Crippen LogP contribution < -0.4 is 10.6 Å². The Morgan fingerprint density at radius 2 is 2.00 bits per heavy atom. The second-order valence-electron chi connectivity index (χ2n) is 6.60. The molecule has 0 aromatic heterocycles. The number of nitrogen functional groups attached to an aromatic ring is 1. The highest BCUT2D eigenvalue weighted by Crippen LogP contribution is 2.31. The number of carbonyl (C=O) groups is 1. The third kappa shape index (κ3) is 4.13. The zero-order valence-corrected chi connectivity index (χ0v) is 13.6. The first kappa shape index (κ1) is 15.7. The second-order valence-corrected chi connectivity index (χ2v) is 6.60. The number of nitrogens with two attached hydrogens (primary N) is 1. The van der Waals surface area contributed by atoms with Gasteiger partial charge in [-0.2, -0.15) is 0 Å². The van der Waals surface area contributed by atoms with E-state index >= 15 is 0 Å². The van der Waals surface area contributed by atoms with Crippen LogP contribution in [0.5, 0.6) is 0 Å². The Kier molecular flexibility index (Phi) is 4.76. The van der Waals surface area contributed by atoms with Crippen molar-refractivity contribution in [2.24, 2.45) is 11.8 Å².